The number of ether oxygens (including phenoxy) is 4. The normalized spacial score (nSPS) is 19.2. The van der Waals surface area contributed by atoms with E-state index in [1.807, 2.05) is 66.7 Å². The SMILES string of the molecule is CC[C@@]1(O)C(=O)OCc2c1cc1n(c2=O)Cc2c-1nc1ccc(Br)c3c1c2OCO3.CC[C@@]1(O)C(=O)OCc2c1cc1n(c2=O)Cc2cc3cc(C#Cc4ccccc4)ccc3nc2-1. The minimum Gasteiger partial charge on any atom is -0.458 e. The van der Waals surface area contributed by atoms with Gasteiger partial charge in [0.25, 0.3) is 11.1 Å². The molecule has 0 unspecified atom stereocenters. The first kappa shape index (κ1) is 39.7. The van der Waals surface area contributed by atoms with Crippen LogP contribution >= 0.6 is 15.9 Å². The number of aliphatic hydroxyl groups is 2. The predicted molar refractivity (Wildman–Crippen MR) is 235 cm³/mol. The second-order valence-electron chi connectivity index (χ2n) is 16.2. The lowest BCUT2D eigenvalue weighted by molar-refractivity contribution is -0.172. The largest absolute Gasteiger partial charge is 0.458 e. The van der Waals surface area contributed by atoms with Gasteiger partial charge < -0.3 is 38.3 Å². The summed E-state index contributed by atoms with van der Waals surface area (Å²) in [6.45, 7) is 3.79. The summed E-state index contributed by atoms with van der Waals surface area (Å²) in [7, 11) is 0. The second kappa shape index (κ2) is 14.5. The van der Waals surface area contributed by atoms with Crippen LogP contribution in [0.2, 0.25) is 0 Å². The third-order valence-electron chi connectivity index (χ3n) is 12.7. The Kier molecular flexibility index (Phi) is 8.97. The summed E-state index contributed by atoms with van der Waals surface area (Å²) >= 11 is 3.50. The third-order valence-corrected chi connectivity index (χ3v) is 13.4. The molecule has 15 heteroatoms. The lowest BCUT2D eigenvalue weighted by Gasteiger charge is -2.31. The average molecular weight is 920 g/mol. The number of halogens is 1. The summed E-state index contributed by atoms with van der Waals surface area (Å²) < 4.78 is 25.8. The lowest BCUT2D eigenvalue weighted by atomic mass is 9.86. The van der Waals surface area contributed by atoms with Gasteiger partial charge in [-0.2, -0.15) is 0 Å². The van der Waals surface area contributed by atoms with E-state index in [0.29, 0.717) is 68.6 Å². The van der Waals surface area contributed by atoms with Crippen molar-refractivity contribution in [2.45, 2.75) is 64.2 Å². The molecule has 0 aliphatic carbocycles. The standard InChI is InChI=1S/C28H20N2O4.C21H15BrN2O6/c1-2-28(33)22-14-24-25-20(15-30(24)26(31)21(22)16-34-27(28)32)13-19-12-18(10-11-23(19)29-25)9-8-17-6-4-3-5-7-17;1-2-21(27)11-5-14-16-9(6-24(14)19(25)10(11)7-28-20(21)26)17-15-13(23-16)4-3-12(22)18(15)30-8-29-17/h3-7,10-14,33H,2,15-16H2,1H3;3-5,27H,2,6-8H2,1H3/t28-;21-/m00/s1. The first-order chi connectivity index (χ1) is 30.9. The maximum atomic E-state index is 13.3. The Morgan fingerprint density at radius 2 is 1.25 bits per heavy atom. The van der Waals surface area contributed by atoms with E-state index in [2.05, 4.69) is 27.8 Å². The second-order valence-corrected chi connectivity index (χ2v) is 17.0. The number of rotatable bonds is 2. The molecule has 3 aromatic carbocycles. The van der Waals surface area contributed by atoms with Gasteiger partial charge >= 0.3 is 11.9 Å². The summed E-state index contributed by atoms with van der Waals surface area (Å²) in [6.07, 6.45) is 0.218. The van der Waals surface area contributed by atoms with Gasteiger partial charge in [0.2, 0.25) is 6.79 Å². The molecule has 0 spiro atoms. The Hall–Kier alpha value is -7.12. The number of carbonyl (C=O) groups excluding carboxylic acids is 2. The highest BCUT2D eigenvalue weighted by molar-refractivity contribution is 9.10. The quantitative estimate of drug-likeness (QED) is 0.152. The minimum absolute atomic E-state index is 0.0564. The van der Waals surface area contributed by atoms with Gasteiger partial charge in [-0.25, -0.2) is 19.6 Å². The smallest absolute Gasteiger partial charge is 0.343 e. The van der Waals surface area contributed by atoms with Gasteiger partial charge in [0.05, 0.1) is 67.9 Å². The molecule has 0 saturated carbocycles. The van der Waals surface area contributed by atoms with E-state index >= 15 is 0 Å². The van der Waals surface area contributed by atoms with Crippen molar-refractivity contribution in [3.8, 4) is 46.1 Å². The summed E-state index contributed by atoms with van der Waals surface area (Å²) in [4.78, 5) is 60.8. The van der Waals surface area contributed by atoms with Gasteiger partial charge in [-0.05, 0) is 89.4 Å². The number of benzene rings is 3. The van der Waals surface area contributed by atoms with Gasteiger partial charge in [-0.1, -0.05) is 43.9 Å². The zero-order valence-corrected chi connectivity index (χ0v) is 35.9. The molecule has 7 aromatic rings. The van der Waals surface area contributed by atoms with E-state index < -0.39 is 23.1 Å². The lowest BCUT2D eigenvalue weighted by Crippen LogP contribution is -2.44. The highest BCUT2D eigenvalue weighted by Crippen LogP contribution is 2.48. The number of hydrogen-bond donors (Lipinski definition) is 2. The number of esters is 2. The fraction of sp³-hybridized carbons (Fsp3) is 0.224. The highest BCUT2D eigenvalue weighted by atomic mass is 79.9. The number of carbonyl (C=O) groups is 2. The molecule has 14 nitrogen and oxygen atoms in total. The Bertz CT molecular complexity index is 3440. The molecule has 0 saturated heterocycles. The zero-order valence-electron chi connectivity index (χ0n) is 34.3. The van der Waals surface area contributed by atoms with Gasteiger partial charge in [0.15, 0.2) is 17.0 Å². The van der Waals surface area contributed by atoms with Crippen molar-refractivity contribution in [2.24, 2.45) is 0 Å². The molecule has 4 aromatic heterocycles. The fourth-order valence-corrected chi connectivity index (χ4v) is 9.70. The summed E-state index contributed by atoms with van der Waals surface area (Å²) in [5.74, 6) is 6.20. The molecule has 2 N–H and O–H groups in total. The van der Waals surface area contributed by atoms with Crippen LogP contribution in [0.5, 0.6) is 11.5 Å². The number of nitrogens with zero attached hydrogens (tertiary/aromatic N) is 4. The van der Waals surface area contributed by atoms with Crippen LogP contribution in [-0.4, -0.2) is 48.0 Å². The molecule has 0 fully saturated rings. The van der Waals surface area contributed by atoms with Crippen LogP contribution in [-0.2, 0) is 56.6 Å². The van der Waals surface area contributed by atoms with E-state index in [4.69, 9.17) is 28.9 Å². The van der Waals surface area contributed by atoms with Crippen molar-refractivity contribution in [3.63, 3.8) is 0 Å². The molecule has 5 aliphatic rings. The van der Waals surface area contributed by atoms with E-state index in [9.17, 15) is 29.4 Å². The first-order valence-electron chi connectivity index (χ1n) is 20.7. The number of cyclic esters (lactones) is 2. The van der Waals surface area contributed by atoms with Gasteiger partial charge in [0, 0.05) is 38.8 Å². The van der Waals surface area contributed by atoms with Crippen LogP contribution in [0.3, 0.4) is 0 Å². The molecule has 5 aliphatic heterocycles. The summed E-state index contributed by atoms with van der Waals surface area (Å²) in [6, 6.07) is 24.8. The Balaban J connectivity index is 0.000000144. The van der Waals surface area contributed by atoms with Crippen molar-refractivity contribution < 1.29 is 38.7 Å². The van der Waals surface area contributed by atoms with Crippen molar-refractivity contribution in [2.75, 3.05) is 6.79 Å². The van der Waals surface area contributed by atoms with Crippen molar-refractivity contribution in [1.82, 2.24) is 19.1 Å². The van der Waals surface area contributed by atoms with Gasteiger partial charge in [-0.15, -0.1) is 0 Å². The van der Waals surface area contributed by atoms with Crippen molar-refractivity contribution >= 4 is 49.7 Å². The van der Waals surface area contributed by atoms with E-state index in [-0.39, 0.29) is 50.5 Å². The maximum absolute atomic E-state index is 13.3. The number of pyridine rings is 4. The van der Waals surface area contributed by atoms with E-state index in [1.54, 1.807) is 35.1 Å². The molecule has 0 bridgehead atoms. The van der Waals surface area contributed by atoms with Crippen molar-refractivity contribution in [3.05, 3.63) is 149 Å². The number of fused-ring (bicyclic) bond motifs is 10. The van der Waals surface area contributed by atoms with Crippen LogP contribution in [0.25, 0.3) is 44.6 Å². The Morgan fingerprint density at radius 1 is 0.656 bits per heavy atom. The Labute approximate surface area is 371 Å². The number of aromatic nitrogens is 4. The average Bonchev–Trinajstić information content (AvgIpc) is 3.88. The molecule has 2 atom stereocenters. The van der Waals surface area contributed by atoms with Crippen LogP contribution in [0.15, 0.2) is 92.9 Å². The maximum Gasteiger partial charge on any atom is 0.343 e. The van der Waals surface area contributed by atoms with E-state index in [1.165, 1.54) is 0 Å². The third kappa shape index (κ3) is 5.79. The summed E-state index contributed by atoms with van der Waals surface area (Å²) in [5, 5.41) is 23.6. The zero-order chi connectivity index (χ0) is 44.2. The molecule has 318 valence electrons. The van der Waals surface area contributed by atoms with Gasteiger partial charge in [0.1, 0.15) is 19.0 Å². The Morgan fingerprint density at radius 3 is 1.92 bits per heavy atom. The molecule has 0 amide bonds. The van der Waals surface area contributed by atoms with E-state index in [0.717, 1.165) is 43.0 Å². The van der Waals surface area contributed by atoms with Crippen LogP contribution < -0.4 is 20.6 Å². The molecule has 12 rings (SSSR count). The molecular formula is C49H35BrN4O10. The minimum atomic E-state index is -1.85. The fourth-order valence-electron chi connectivity index (χ4n) is 9.25. The van der Waals surface area contributed by atoms with Crippen LogP contribution in [0, 0.1) is 11.8 Å². The molecule has 0 radical (unpaired) electrons. The van der Waals surface area contributed by atoms with Crippen LogP contribution in [0.1, 0.15) is 71.2 Å². The molecule has 9 heterocycles. The summed E-state index contributed by atoms with van der Waals surface area (Å²) in [5.41, 5.74) is 4.41. The monoisotopic (exact) mass is 918 g/mol. The van der Waals surface area contributed by atoms with Crippen molar-refractivity contribution in [1.29, 1.82) is 0 Å². The first-order valence-corrected chi connectivity index (χ1v) is 21.5. The molecule has 64 heavy (non-hydrogen) atoms. The highest BCUT2D eigenvalue weighted by Gasteiger charge is 2.47. The molecular weight excluding hydrogens is 884 g/mol. The predicted octanol–water partition coefficient (Wildman–Crippen LogP) is 6.05. The van der Waals surface area contributed by atoms with Crippen LogP contribution in [0.4, 0.5) is 0 Å². The topological polar surface area (TPSA) is 181 Å². The number of hydrogen-bond acceptors (Lipinski definition) is 12. The van der Waals surface area contributed by atoms with Gasteiger partial charge in [-0.3, -0.25) is 9.59 Å².